The monoisotopic (exact) mass is 343 g/mol. The van der Waals surface area contributed by atoms with Gasteiger partial charge in [-0.15, -0.1) is 0 Å². The molecule has 0 spiro atoms. The van der Waals surface area contributed by atoms with Crippen LogP contribution in [-0.4, -0.2) is 6.54 Å². The van der Waals surface area contributed by atoms with E-state index in [4.69, 9.17) is 0 Å². The normalized spacial score (nSPS) is 10.8. The standard InChI is InChI=1S/C15H13BrF3N/c16-15-2-1-12(17)7-11(15)9-20-4-3-10-5-13(18)8-14(19)6-10/h1-2,5-8,20H,3-4,9H2. The first kappa shape index (κ1) is 15.1. The van der Waals surface area contributed by atoms with Crippen LogP contribution in [0.2, 0.25) is 0 Å². The van der Waals surface area contributed by atoms with Gasteiger partial charge in [0.15, 0.2) is 0 Å². The minimum Gasteiger partial charge on any atom is -0.312 e. The predicted octanol–water partition coefficient (Wildman–Crippen LogP) is 4.20. The van der Waals surface area contributed by atoms with Crippen LogP contribution >= 0.6 is 15.9 Å². The van der Waals surface area contributed by atoms with Crippen molar-refractivity contribution in [2.45, 2.75) is 13.0 Å². The van der Waals surface area contributed by atoms with E-state index in [1.54, 1.807) is 6.07 Å². The maximum absolute atomic E-state index is 13.1. The Morgan fingerprint density at radius 1 is 0.900 bits per heavy atom. The first-order chi connectivity index (χ1) is 9.54. The Balaban J connectivity index is 1.86. The summed E-state index contributed by atoms with van der Waals surface area (Å²) in [7, 11) is 0. The van der Waals surface area contributed by atoms with Gasteiger partial charge in [-0.05, 0) is 54.4 Å². The molecule has 1 N–H and O–H groups in total. The first-order valence-corrected chi connectivity index (χ1v) is 6.93. The highest BCUT2D eigenvalue weighted by Crippen LogP contribution is 2.17. The maximum Gasteiger partial charge on any atom is 0.126 e. The molecule has 0 saturated heterocycles. The Morgan fingerprint density at radius 2 is 1.60 bits per heavy atom. The second-order valence-corrected chi connectivity index (χ2v) is 5.29. The lowest BCUT2D eigenvalue weighted by atomic mass is 10.1. The zero-order valence-electron chi connectivity index (χ0n) is 10.6. The van der Waals surface area contributed by atoms with Crippen LogP contribution in [0, 0.1) is 17.5 Å². The third-order valence-corrected chi connectivity index (χ3v) is 3.61. The molecule has 2 aromatic carbocycles. The number of hydrogen-bond donors (Lipinski definition) is 1. The average molecular weight is 344 g/mol. The van der Waals surface area contributed by atoms with E-state index >= 15 is 0 Å². The highest BCUT2D eigenvalue weighted by molar-refractivity contribution is 9.10. The fourth-order valence-corrected chi connectivity index (χ4v) is 2.28. The van der Waals surface area contributed by atoms with Gasteiger partial charge in [-0.1, -0.05) is 15.9 Å². The van der Waals surface area contributed by atoms with Gasteiger partial charge in [0.05, 0.1) is 0 Å². The van der Waals surface area contributed by atoms with Crippen LogP contribution in [0.3, 0.4) is 0 Å². The average Bonchev–Trinajstić information content (AvgIpc) is 2.37. The minimum atomic E-state index is -0.576. The molecule has 0 heterocycles. The van der Waals surface area contributed by atoms with Gasteiger partial charge in [-0.2, -0.15) is 0 Å². The van der Waals surface area contributed by atoms with Crippen LogP contribution in [0.5, 0.6) is 0 Å². The molecule has 0 aromatic heterocycles. The summed E-state index contributed by atoms with van der Waals surface area (Å²) in [6.45, 7) is 1.03. The second kappa shape index (κ2) is 6.90. The van der Waals surface area contributed by atoms with Crippen LogP contribution in [0.25, 0.3) is 0 Å². The van der Waals surface area contributed by atoms with Crippen molar-refractivity contribution in [1.29, 1.82) is 0 Å². The van der Waals surface area contributed by atoms with E-state index in [1.807, 2.05) is 0 Å². The first-order valence-electron chi connectivity index (χ1n) is 6.14. The van der Waals surface area contributed by atoms with E-state index < -0.39 is 11.6 Å². The molecule has 5 heteroatoms. The molecule has 0 saturated carbocycles. The van der Waals surface area contributed by atoms with E-state index in [0.717, 1.165) is 16.1 Å². The molecule has 0 aliphatic rings. The smallest absolute Gasteiger partial charge is 0.126 e. The topological polar surface area (TPSA) is 12.0 Å². The SMILES string of the molecule is Fc1cc(F)cc(CCNCc2cc(F)ccc2Br)c1. The maximum atomic E-state index is 13.1. The molecule has 0 fully saturated rings. The molecule has 1 nitrogen and oxygen atoms in total. The lowest BCUT2D eigenvalue weighted by Gasteiger charge is -2.07. The summed E-state index contributed by atoms with van der Waals surface area (Å²) < 4.78 is 39.9. The molecule has 0 unspecified atom stereocenters. The molecule has 20 heavy (non-hydrogen) atoms. The van der Waals surface area contributed by atoms with Crippen molar-refractivity contribution >= 4 is 15.9 Å². The van der Waals surface area contributed by atoms with E-state index in [2.05, 4.69) is 21.2 Å². The molecule has 106 valence electrons. The van der Waals surface area contributed by atoms with Gasteiger partial charge in [-0.3, -0.25) is 0 Å². The number of rotatable bonds is 5. The molecule has 0 aliphatic carbocycles. The fourth-order valence-electron chi connectivity index (χ4n) is 1.89. The lowest BCUT2D eigenvalue weighted by molar-refractivity contribution is 0.577. The fraction of sp³-hybridized carbons (Fsp3) is 0.200. The summed E-state index contributed by atoms with van der Waals surface area (Å²) in [6, 6.07) is 7.93. The van der Waals surface area contributed by atoms with Gasteiger partial charge in [0.2, 0.25) is 0 Å². The molecular formula is C15H13BrF3N. The third-order valence-electron chi connectivity index (χ3n) is 2.84. The number of benzene rings is 2. The van der Waals surface area contributed by atoms with Gasteiger partial charge in [0, 0.05) is 17.1 Å². The van der Waals surface area contributed by atoms with E-state index in [-0.39, 0.29) is 5.82 Å². The van der Waals surface area contributed by atoms with Crippen LogP contribution in [0.4, 0.5) is 13.2 Å². The summed E-state index contributed by atoms with van der Waals surface area (Å²) >= 11 is 3.34. The Morgan fingerprint density at radius 3 is 2.30 bits per heavy atom. The van der Waals surface area contributed by atoms with Gasteiger partial charge < -0.3 is 5.32 Å². The van der Waals surface area contributed by atoms with Crippen LogP contribution < -0.4 is 5.32 Å². The van der Waals surface area contributed by atoms with E-state index in [1.165, 1.54) is 24.3 Å². The molecular weight excluding hydrogens is 331 g/mol. The molecule has 2 aromatic rings. The summed E-state index contributed by atoms with van der Waals surface area (Å²) in [5, 5.41) is 3.12. The summed E-state index contributed by atoms with van der Waals surface area (Å²) in [5.41, 5.74) is 1.39. The Kier molecular flexibility index (Phi) is 5.20. The van der Waals surface area contributed by atoms with Crippen molar-refractivity contribution < 1.29 is 13.2 Å². The van der Waals surface area contributed by atoms with Crippen LogP contribution in [0.1, 0.15) is 11.1 Å². The van der Waals surface area contributed by atoms with Gasteiger partial charge >= 0.3 is 0 Å². The predicted molar refractivity (Wildman–Crippen MR) is 75.9 cm³/mol. The molecule has 0 radical (unpaired) electrons. The lowest BCUT2D eigenvalue weighted by Crippen LogP contribution is -2.17. The highest BCUT2D eigenvalue weighted by atomic mass is 79.9. The molecule has 0 bridgehead atoms. The zero-order chi connectivity index (χ0) is 14.5. The molecule has 0 aliphatic heterocycles. The Labute approximate surface area is 123 Å². The summed E-state index contributed by atoms with van der Waals surface area (Å²) in [6.07, 6.45) is 0.502. The second-order valence-electron chi connectivity index (χ2n) is 4.44. The third kappa shape index (κ3) is 4.35. The number of halogens is 4. The molecule has 0 amide bonds. The largest absolute Gasteiger partial charge is 0.312 e. The van der Waals surface area contributed by atoms with Crippen molar-refractivity contribution in [1.82, 2.24) is 5.32 Å². The molecule has 2 rings (SSSR count). The highest BCUT2D eigenvalue weighted by Gasteiger charge is 2.03. The van der Waals surface area contributed by atoms with Gasteiger partial charge in [0.1, 0.15) is 17.5 Å². The summed E-state index contributed by atoms with van der Waals surface area (Å²) in [5.74, 6) is -1.45. The van der Waals surface area contributed by atoms with Crippen LogP contribution in [-0.2, 0) is 13.0 Å². The van der Waals surface area contributed by atoms with Gasteiger partial charge in [-0.25, -0.2) is 13.2 Å². The number of nitrogens with one attached hydrogen (secondary N) is 1. The van der Waals surface area contributed by atoms with Crippen molar-refractivity contribution in [3.63, 3.8) is 0 Å². The Bertz CT molecular complexity index is 581. The Hall–Kier alpha value is -1.33. The van der Waals surface area contributed by atoms with Gasteiger partial charge in [0.25, 0.3) is 0 Å². The summed E-state index contributed by atoms with van der Waals surface area (Å²) in [4.78, 5) is 0. The minimum absolute atomic E-state index is 0.294. The zero-order valence-corrected chi connectivity index (χ0v) is 12.2. The van der Waals surface area contributed by atoms with Crippen molar-refractivity contribution in [2.24, 2.45) is 0 Å². The molecule has 0 atom stereocenters. The number of hydrogen-bond acceptors (Lipinski definition) is 1. The van der Waals surface area contributed by atoms with Crippen LogP contribution in [0.15, 0.2) is 40.9 Å². The van der Waals surface area contributed by atoms with Crippen molar-refractivity contribution in [2.75, 3.05) is 6.54 Å². The van der Waals surface area contributed by atoms with Crippen molar-refractivity contribution in [3.8, 4) is 0 Å². The van der Waals surface area contributed by atoms with E-state index in [9.17, 15) is 13.2 Å². The van der Waals surface area contributed by atoms with E-state index in [0.29, 0.717) is 25.1 Å². The quantitative estimate of drug-likeness (QED) is 0.802. The van der Waals surface area contributed by atoms with Crippen molar-refractivity contribution in [3.05, 3.63) is 69.4 Å².